The maximum absolute atomic E-state index is 12.9. The van der Waals surface area contributed by atoms with Crippen molar-refractivity contribution in [2.24, 2.45) is 0 Å². The SMILES string of the molecule is C[C@@H](C(=O)NC(=O)c1cnc2ccccc2c1)N(CCc1ccccc1)C(=O)OC(C)(C)C. The van der Waals surface area contributed by atoms with Crippen LogP contribution in [-0.4, -0.2) is 46.0 Å². The molecule has 33 heavy (non-hydrogen) atoms. The topological polar surface area (TPSA) is 88.6 Å². The van der Waals surface area contributed by atoms with E-state index in [4.69, 9.17) is 4.74 Å². The molecule has 1 aromatic heterocycles. The molecule has 0 saturated heterocycles. The Hall–Kier alpha value is -3.74. The lowest BCUT2D eigenvalue weighted by Crippen LogP contribution is -2.51. The van der Waals surface area contributed by atoms with Gasteiger partial charge in [-0.1, -0.05) is 48.5 Å². The highest BCUT2D eigenvalue weighted by molar-refractivity contribution is 6.07. The van der Waals surface area contributed by atoms with Gasteiger partial charge in [0.25, 0.3) is 5.91 Å². The number of nitrogens with zero attached hydrogens (tertiary/aromatic N) is 2. The second-order valence-electron chi connectivity index (χ2n) is 8.82. The normalized spacial score (nSPS) is 12.1. The van der Waals surface area contributed by atoms with Crippen LogP contribution in [0.5, 0.6) is 0 Å². The summed E-state index contributed by atoms with van der Waals surface area (Å²) >= 11 is 0. The molecule has 0 saturated carbocycles. The van der Waals surface area contributed by atoms with Crippen molar-refractivity contribution in [3.05, 3.63) is 78.0 Å². The average Bonchev–Trinajstić information content (AvgIpc) is 2.78. The van der Waals surface area contributed by atoms with E-state index in [1.165, 1.54) is 11.1 Å². The smallest absolute Gasteiger partial charge is 0.410 e. The summed E-state index contributed by atoms with van der Waals surface area (Å²) < 4.78 is 5.51. The van der Waals surface area contributed by atoms with Crippen molar-refractivity contribution in [2.45, 2.75) is 45.8 Å². The third-order valence-corrected chi connectivity index (χ3v) is 5.05. The molecule has 0 aliphatic rings. The van der Waals surface area contributed by atoms with Gasteiger partial charge >= 0.3 is 6.09 Å². The first-order valence-corrected chi connectivity index (χ1v) is 10.9. The van der Waals surface area contributed by atoms with E-state index in [1.807, 2.05) is 54.6 Å². The number of benzene rings is 2. The van der Waals surface area contributed by atoms with Crippen LogP contribution in [0, 0.1) is 0 Å². The second kappa shape index (κ2) is 10.3. The van der Waals surface area contributed by atoms with Crippen molar-refractivity contribution < 1.29 is 19.1 Å². The zero-order valence-electron chi connectivity index (χ0n) is 19.4. The Morgan fingerprint density at radius 1 is 1.03 bits per heavy atom. The third kappa shape index (κ3) is 6.62. The first-order valence-electron chi connectivity index (χ1n) is 10.9. The highest BCUT2D eigenvalue weighted by Gasteiger charge is 2.30. The molecule has 0 aliphatic heterocycles. The van der Waals surface area contributed by atoms with Crippen molar-refractivity contribution in [2.75, 3.05) is 6.54 Å². The zero-order valence-corrected chi connectivity index (χ0v) is 19.4. The van der Waals surface area contributed by atoms with E-state index in [-0.39, 0.29) is 12.1 Å². The molecule has 0 bridgehead atoms. The number of carbonyl (C=O) groups is 3. The fourth-order valence-electron chi connectivity index (χ4n) is 3.28. The Kier molecular flexibility index (Phi) is 7.43. The van der Waals surface area contributed by atoms with Gasteiger partial charge in [0.05, 0.1) is 11.1 Å². The van der Waals surface area contributed by atoms with Gasteiger partial charge in [-0.2, -0.15) is 0 Å². The fraction of sp³-hybridized carbons (Fsp3) is 0.308. The van der Waals surface area contributed by atoms with E-state index in [1.54, 1.807) is 33.8 Å². The summed E-state index contributed by atoms with van der Waals surface area (Å²) in [6.45, 7) is 7.14. The molecule has 3 rings (SSSR count). The number of hydrogen-bond donors (Lipinski definition) is 1. The van der Waals surface area contributed by atoms with Crippen LogP contribution >= 0.6 is 0 Å². The van der Waals surface area contributed by atoms with Crippen molar-refractivity contribution in [3.8, 4) is 0 Å². The quantitative estimate of drug-likeness (QED) is 0.607. The van der Waals surface area contributed by atoms with Gasteiger partial charge in [-0.15, -0.1) is 0 Å². The fourth-order valence-corrected chi connectivity index (χ4v) is 3.28. The van der Waals surface area contributed by atoms with Gasteiger partial charge in [0.2, 0.25) is 5.91 Å². The number of pyridine rings is 1. The summed E-state index contributed by atoms with van der Waals surface area (Å²) in [4.78, 5) is 44.1. The van der Waals surface area contributed by atoms with Crippen molar-refractivity contribution >= 4 is 28.8 Å². The van der Waals surface area contributed by atoms with E-state index in [9.17, 15) is 14.4 Å². The molecular formula is C26H29N3O4. The van der Waals surface area contributed by atoms with Crippen LogP contribution in [0.4, 0.5) is 4.79 Å². The molecule has 0 unspecified atom stereocenters. The average molecular weight is 448 g/mol. The van der Waals surface area contributed by atoms with E-state index < -0.39 is 29.6 Å². The predicted molar refractivity (Wildman–Crippen MR) is 127 cm³/mol. The Balaban J connectivity index is 1.73. The minimum absolute atomic E-state index is 0.263. The molecule has 2 aromatic carbocycles. The number of fused-ring (bicyclic) bond motifs is 1. The predicted octanol–water partition coefficient (Wildman–Crippen LogP) is 4.36. The maximum atomic E-state index is 12.9. The maximum Gasteiger partial charge on any atom is 0.410 e. The minimum atomic E-state index is -0.916. The van der Waals surface area contributed by atoms with Gasteiger partial charge in [-0.25, -0.2) is 4.79 Å². The second-order valence-corrected chi connectivity index (χ2v) is 8.82. The first-order chi connectivity index (χ1) is 15.6. The highest BCUT2D eigenvalue weighted by Crippen LogP contribution is 2.15. The summed E-state index contributed by atoms with van der Waals surface area (Å²) in [5, 5.41) is 3.19. The molecule has 0 radical (unpaired) electrons. The van der Waals surface area contributed by atoms with E-state index in [0.717, 1.165) is 16.5 Å². The number of amides is 3. The molecule has 7 heteroatoms. The largest absolute Gasteiger partial charge is 0.444 e. The molecule has 1 N–H and O–H groups in total. The van der Waals surface area contributed by atoms with E-state index >= 15 is 0 Å². The summed E-state index contributed by atoms with van der Waals surface area (Å²) in [7, 11) is 0. The van der Waals surface area contributed by atoms with Crippen LogP contribution in [0.1, 0.15) is 43.6 Å². The number of para-hydroxylation sites is 1. The lowest BCUT2D eigenvalue weighted by molar-refractivity contribution is -0.124. The molecule has 3 aromatic rings. The summed E-state index contributed by atoms with van der Waals surface area (Å²) in [5.74, 6) is -1.16. The van der Waals surface area contributed by atoms with Crippen LogP contribution in [0.2, 0.25) is 0 Å². The van der Waals surface area contributed by atoms with Gasteiger partial charge in [-0.05, 0) is 51.8 Å². The first kappa shape index (κ1) is 23.9. The number of rotatable bonds is 6. The van der Waals surface area contributed by atoms with Crippen LogP contribution in [0.25, 0.3) is 10.9 Å². The Morgan fingerprint density at radius 3 is 2.39 bits per heavy atom. The van der Waals surface area contributed by atoms with Gasteiger partial charge in [0, 0.05) is 18.1 Å². The zero-order chi connectivity index (χ0) is 24.0. The monoisotopic (exact) mass is 447 g/mol. The van der Waals surface area contributed by atoms with Crippen LogP contribution < -0.4 is 5.32 Å². The molecule has 0 fully saturated rings. The third-order valence-electron chi connectivity index (χ3n) is 5.05. The standard InChI is InChI=1S/C26H29N3O4/c1-18(23(30)28-24(31)21-16-20-12-8-9-13-22(20)27-17-21)29(25(32)33-26(2,3)4)15-14-19-10-6-5-7-11-19/h5-13,16-18H,14-15H2,1-4H3,(H,28,30,31)/t18-/m0/s1. The summed E-state index contributed by atoms with van der Waals surface area (Å²) in [6, 6.07) is 17.8. The highest BCUT2D eigenvalue weighted by atomic mass is 16.6. The molecule has 7 nitrogen and oxygen atoms in total. The van der Waals surface area contributed by atoms with Gasteiger partial charge in [-0.3, -0.25) is 24.8 Å². The number of nitrogens with one attached hydrogen (secondary N) is 1. The van der Waals surface area contributed by atoms with Crippen LogP contribution in [0.3, 0.4) is 0 Å². The van der Waals surface area contributed by atoms with Gasteiger partial charge < -0.3 is 4.74 Å². The number of carbonyl (C=O) groups excluding carboxylic acids is 3. The molecule has 0 aliphatic carbocycles. The summed E-state index contributed by atoms with van der Waals surface area (Å²) in [5.41, 5.74) is 1.33. The number of ether oxygens (including phenoxy) is 1. The number of imide groups is 1. The number of hydrogen-bond acceptors (Lipinski definition) is 5. The number of aromatic nitrogens is 1. The van der Waals surface area contributed by atoms with Crippen LogP contribution in [0.15, 0.2) is 66.9 Å². The lowest BCUT2D eigenvalue weighted by atomic mass is 10.1. The van der Waals surface area contributed by atoms with Gasteiger partial charge in [0.1, 0.15) is 11.6 Å². The van der Waals surface area contributed by atoms with Crippen LogP contribution in [-0.2, 0) is 16.0 Å². The van der Waals surface area contributed by atoms with E-state index in [2.05, 4.69) is 10.3 Å². The molecule has 172 valence electrons. The van der Waals surface area contributed by atoms with E-state index in [0.29, 0.717) is 6.42 Å². The molecule has 1 atom stereocenters. The van der Waals surface area contributed by atoms with Gasteiger partial charge in [0.15, 0.2) is 0 Å². The minimum Gasteiger partial charge on any atom is -0.444 e. The Morgan fingerprint density at radius 2 is 1.70 bits per heavy atom. The Bertz CT molecular complexity index is 1140. The molecular weight excluding hydrogens is 418 g/mol. The van der Waals surface area contributed by atoms with Crippen molar-refractivity contribution in [1.29, 1.82) is 0 Å². The Labute approximate surface area is 193 Å². The molecule has 0 spiro atoms. The summed E-state index contributed by atoms with van der Waals surface area (Å²) in [6.07, 6.45) is 1.36. The molecule has 1 heterocycles. The molecule has 3 amide bonds. The lowest BCUT2D eigenvalue weighted by Gasteiger charge is -2.31. The van der Waals surface area contributed by atoms with Crippen molar-refractivity contribution in [3.63, 3.8) is 0 Å². The van der Waals surface area contributed by atoms with Crippen molar-refractivity contribution in [1.82, 2.24) is 15.2 Å².